The molecule has 0 saturated heterocycles. The Labute approximate surface area is 109 Å². The van der Waals surface area contributed by atoms with Crippen LogP contribution in [0.25, 0.3) is 0 Å². The van der Waals surface area contributed by atoms with E-state index in [-0.39, 0.29) is 6.03 Å². The van der Waals surface area contributed by atoms with Gasteiger partial charge < -0.3 is 0 Å². The van der Waals surface area contributed by atoms with Gasteiger partial charge in [-0.05, 0) is 18.2 Å². The first-order valence-corrected chi connectivity index (χ1v) is 5.80. The maximum absolute atomic E-state index is 11.8. The molecule has 2 amide bonds. The average molecular weight is 253 g/mol. The molecule has 1 aliphatic rings. The van der Waals surface area contributed by atoms with Crippen molar-refractivity contribution >= 4 is 18.1 Å². The van der Waals surface area contributed by atoms with Crippen molar-refractivity contribution in [3.8, 4) is 0 Å². The third kappa shape index (κ3) is 2.42. The van der Waals surface area contributed by atoms with Crippen LogP contribution in [-0.4, -0.2) is 27.2 Å². The largest absolute Gasteiger partial charge is 0.343 e. The number of anilines is 1. The molecule has 94 valence electrons. The van der Waals surface area contributed by atoms with E-state index in [1.54, 1.807) is 18.6 Å². The number of amides is 2. The number of nitrogens with one attached hydrogen (secondary N) is 1. The van der Waals surface area contributed by atoms with Gasteiger partial charge in [0.15, 0.2) is 0 Å². The van der Waals surface area contributed by atoms with Gasteiger partial charge in [0, 0.05) is 18.0 Å². The lowest BCUT2D eigenvalue weighted by Crippen LogP contribution is -2.35. The van der Waals surface area contributed by atoms with Crippen molar-refractivity contribution in [3.05, 3.63) is 54.0 Å². The van der Waals surface area contributed by atoms with E-state index in [0.717, 1.165) is 5.56 Å². The molecular weight excluding hydrogens is 242 g/mol. The highest BCUT2D eigenvalue weighted by Crippen LogP contribution is 2.20. The normalized spacial score (nSPS) is 14.3. The summed E-state index contributed by atoms with van der Waals surface area (Å²) in [7, 11) is 0. The van der Waals surface area contributed by atoms with Gasteiger partial charge in [-0.2, -0.15) is 5.10 Å². The van der Waals surface area contributed by atoms with Crippen molar-refractivity contribution in [1.29, 1.82) is 0 Å². The predicted molar refractivity (Wildman–Crippen MR) is 70.6 cm³/mol. The molecule has 2 aromatic rings. The molecule has 1 aliphatic heterocycles. The predicted octanol–water partition coefficient (Wildman–Crippen LogP) is 1.86. The monoisotopic (exact) mass is 253 g/mol. The van der Waals surface area contributed by atoms with E-state index in [0.29, 0.717) is 18.1 Å². The second-order valence-electron chi connectivity index (χ2n) is 4.00. The van der Waals surface area contributed by atoms with E-state index in [4.69, 9.17) is 0 Å². The first-order valence-electron chi connectivity index (χ1n) is 5.80. The molecule has 3 rings (SSSR count). The van der Waals surface area contributed by atoms with Gasteiger partial charge in [0.25, 0.3) is 0 Å². The van der Waals surface area contributed by atoms with Crippen molar-refractivity contribution in [2.75, 3.05) is 5.32 Å². The van der Waals surface area contributed by atoms with Crippen LogP contribution in [0.5, 0.6) is 0 Å². The lowest BCUT2D eigenvalue weighted by atomic mass is 10.2. The van der Waals surface area contributed by atoms with E-state index in [2.05, 4.69) is 20.4 Å². The molecule has 1 N–H and O–H groups in total. The van der Waals surface area contributed by atoms with Crippen LogP contribution < -0.4 is 5.32 Å². The van der Waals surface area contributed by atoms with Crippen LogP contribution >= 0.6 is 0 Å². The Morgan fingerprint density at radius 1 is 1.21 bits per heavy atom. The lowest BCUT2D eigenvalue weighted by molar-refractivity contribution is 0.209. The van der Waals surface area contributed by atoms with Crippen LogP contribution in [0.15, 0.2) is 47.8 Å². The Bertz CT molecular complexity index is 626. The zero-order chi connectivity index (χ0) is 13.1. The SMILES string of the molecule is O=C1Nc2ncccc2CN1/N=C/c1ccccn1. The second kappa shape index (κ2) is 4.85. The van der Waals surface area contributed by atoms with Crippen molar-refractivity contribution in [1.82, 2.24) is 15.0 Å². The molecular formula is C13H11N5O. The van der Waals surface area contributed by atoms with Crippen molar-refractivity contribution in [2.45, 2.75) is 6.54 Å². The maximum Gasteiger partial charge on any atom is 0.343 e. The molecule has 0 unspecified atom stereocenters. The van der Waals surface area contributed by atoms with E-state index in [1.165, 1.54) is 5.01 Å². The van der Waals surface area contributed by atoms with Gasteiger partial charge in [0.05, 0.1) is 18.5 Å². The highest BCUT2D eigenvalue weighted by molar-refractivity contribution is 5.91. The van der Waals surface area contributed by atoms with E-state index < -0.39 is 0 Å². The number of pyridine rings is 2. The molecule has 0 atom stereocenters. The van der Waals surface area contributed by atoms with Crippen molar-refractivity contribution < 1.29 is 4.79 Å². The van der Waals surface area contributed by atoms with Crippen LogP contribution in [0.1, 0.15) is 11.3 Å². The van der Waals surface area contributed by atoms with Crippen molar-refractivity contribution in [2.24, 2.45) is 5.10 Å². The second-order valence-corrected chi connectivity index (χ2v) is 4.00. The summed E-state index contributed by atoms with van der Waals surface area (Å²) in [5.41, 5.74) is 1.63. The molecule has 0 bridgehead atoms. The standard InChI is InChI=1S/C13H11N5O/c19-13-17-12-10(4-3-7-15-12)9-18(13)16-8-11-5-1-2-6-14-11/h1-8H,9H2,(H,15,17,19)/b16-8+. The average Bonchev–Trinajstić information content (AvgIpc) is 2.46. The number of aromatic nitrogens is 2. The number of urea groups is 1. The van der Waals surface area contributed by atoms with Crippen LogP contribution in [0.4, 0.5) is 10.6 Å². The van der Waals surface area contributed by atoms with Crippen LogP contribution in [0.3, 0.4) is 0 Å². The Morgan fingerprint density at radius 2 is 2.11 bits per heavy atom. The first-order chi connectivity index (χ1) is 9.33. The van der Waals surface area contributed by atoms with Gasteiger partial charge in [-0.15, -0.1) is 0 Å². The number of rotatable bonds is 2. The minimum atomic E-state index is -0.293. The fraction of sp³-hybridized carbons (Fsp3) is 0.0769. The number of carbonyl (C=O) groups excluding carboxylic acids is 1. The van der Waals surface area contributed by atoms with Crippen LogP contribution in [0, 0.1) is 0 Å². The first kappa shape index (κ1) is 11.3. The fourth-order valence-electron chi connectivity index (χ4n) is 1.75. The summed E-state index contributed by atoms with van der Waals surface area (Å²) in [5, 5.41) is 8.17. The van der Waals surface area contributed by atoms with E-state index >= 15 is 0 Å². The van der Waals surface area contributed by atoms with Crippen molar-refractivity contribution in [3.63, 3.8) is 0 Å². The summed E-state index contributed by atoms with van der Waals surface area (Å²) in [4.78, 5) is 20.0. The van der Waals surface area contributed by atoms with Gasteiger partial charge in [0.1, 0.15) is 5.82 Å². The Balaban J connectivity index is 1.80. The summed E-state index contributed by atoms with van der Waals surface area (Å²) in [6.45, 7) is 0.401. The minimum absolute atomic E-state index is 0.293. The molecule has 0 radical (unpaired) electrons. The minimum Gasteiger partial charge on any atom is -0.290 e. The lowest BCUT2D eigenvalue weighted by Gasteiger charge is -2.24. The van der Waals surface area contributed by atoms with Crippen LogP contribution in [-0.2, 0) is 6.54 Å². The number of carbonyl (C=O) groups is 1. The molecule has 6 heteroatoms. The number of nitrogens with zero attached hydrogens (tertiary/aromatic N) is 4. The number of hydrogen-bond acceptors (Lipinski definition) is 4. The van der Waals surface area contributed by atoms with Gasteiger partial charge in [-0.1, -0.05) is 12.1 Å². The molecule has 6 nitrogen and oxygen atoms in total. The third-order valence-electron chi connectivity index (χ3n) is 2.69. The smallest absolute Gasteiger partial charge is 0.290 e. The van der Waals surface area contributed by atoms with E-state index in [9.17, 15) is 4.79 Å². The molecule has 3 heterocycles. The molecule has 0 aromatic carbocycles. The number of fused-ring (bicyclic) bond motifs is 1. The maximum atomic E-state index is 11.8. The highest BCUT2D eigenvalue weighted by atomic mass is 16.2. The molecule has 19 heavy (non-hydrogen) atoms. The molecule has 0 fully saturated rings. The Kier molecular flexibility index (Phi) is 2.89. The molecule has 0 spiro atoms. The Hall–Kier alpha value is -2.76. The Morgan fingerprint density at radius 3 is 2.95 bits per heavy atom. The molecule has 0 saturated carbocycles. The van der Waals surface area contributed by atoms with E-state index in [1.807, 2.05) is 30.3 Å². The summed E-state index contributed by atoms with van der Waals surface area (Å²) >= 11 is 0. The number of hydrazone groups is 1. The third-order valence-corrected chi connectivity index (χ3v) is 2.69. The summed E-state index contributed by atoms with van der Waals surface area (Å²) < 4.78 is 0. The molecule has 2 aromatic heterocycles. The zero-order valence-electron chi connectivity index (χ0n) is 10.0. The summed E-state index contributed by atoms with van der Waals surface area (Å²) in [6, 6.07) is 8.96. The quantitative estimate of drug-likeness (QED) is 0.830. The molecule has 0 aliphatic carbocycles. The van der Waals surface area contributed by atoms with Gasteiger partial charge in [-0.25, -0.2) is 14.8 Å². The topological polar surface area (TPSA) is 70.5 Å². The van der Waals surface area contributed by atoms with Gasteiger partial charge in [0.2, 0.25) is 0 Å². The highest BCUT2D eigenvalue weighted by Gasteiger charge is 2.22. The van der Waals surface area contributed by atoms with Crippen LogP contribution in [0.2, 0.25) is 0 Å². The summed E-state index contributed by atoms with van der Waals surface area (Å²) in [6.07, 6.45) is 4.88. The number of hydrogen-bond donors (Lipinski definition) is 1. The fourth-order valence-corrected chi connectivity index (χ4v) is 1.75. The zero-order valence-corrected chi connectivity index (χ0v) is 10.0. The van der Waals surface area contributed by atoms with Gasteiger partial charge in [-0.3, -0.25) is 10.3 Å². The summed E-state index contributed by atoms with van der Waals surface area (Å²) in [5.74, 6) is 0.594. The van der Waals surface area contributed by atoms with Gasteiger partial charge >= 0.3 is 6.03 Å².